The van der Waals surface area contributed by atoms with Crippen molar-refractivity contribution in [3.05, 3.63) is 89.6 Å². The summed E-state index contributed by atoms with van der Waals surface area (Å²) in [5.74, 6) is -0.490. The number of thiazole rings is 1. The molecule has 9 heteroatoms. The lowest BCUT2D eigenvalue weighted by Crippen LogP contribution is -2.40. The van der Waals surface area contributed by atoms with Crippen LogP contribution < -0.4 is 19.6 Å². The molecule has 2 aromatic carbocycles. The number of carbonyl (C=O) groups is 1. The largest absolute Gasteiger partial charge is 0.503 e. The van der Waals surface area contributed by atoms with E-state index in [2.05, 4.69) is 4.99 Å². The molecule has 0 aliphatic carbocycles. The van der Waals surface area contributed by atoms with Gasteiger partial charge in [-0.1, -0.05) is 60.2 Å². The van der Waals surface area contributed by atoms with Gasteiger partial charge in [0.15, 0.2) is 16.3 Å². The van der Waals surface area contributed by atoms with Gasteiger partial charge in [0.1, 0.15) is 0 Å². The summed E-state index contributed by atoms with van der Waals surface area (Å²) in [4.78, 5) is 31.4. The summed E-state index contributed by atoms with van der Waals surface area (Å²) in [5, 5.41) is 10.1. The molecule has 2 heterocycles. The lowest BCUT2D eigenvalue weighted by molar-refractivity contribution is -0.136. The van der Waals surface area contributed by atoms with Gasteiger partial charge in [0.05, 0.1) is 41.1 Å². The summed E-state index contributed by atoms with van der Waals surface area (Å²) in [6.45, 7) is 1.91. The van der Waals surface area contributed by atoms with E-state index in [1.165, 1.54) is 30.1 Å². The Balaban J connectivity index is 1.99. The van der Waals surface area contributed by atoms with Gasteiger partial charge in [-0.3, -0.25) is 9.36 Å². The number of fused-ring (bicyclic) bond motifs is 1. The molecule has 0 spiro atoms. The second-order valence-corrected chi connectivity index (χ2v) is 8.67. The summed E-state index contributed by atoms with van der Waals surface area (Å²) in [6.07, 6.45) is 2.16. The maximum Gasteiger partial charge on any atom is 0.338 e. The number of allylic oxidation sites excluding steroid dienone is 1. The van der Waals surface area contributed by atoms with Crippen molar-refractivity contribution in [3.63, 3.8) is 0 Å². The van der Waals surface area contributed by atoms with Crippen LogP contribution in [0, 0.1) is 0 Å². The van der Waals surface area contributed by atoms with Gasteiger partial charge in [-0.2, -0.15) is 0 Å². The number of phenols is 1. The van der Waals surface area contributed by atoms with Crippen molar-refractivity contribution in [1.29, 1.82) is 0 Å². The number of aromatic hydroxyl groups is 1. The van der Waals surface area contributed by atoms with Crippen LogP contribution in [0.5, 0.6) is 11.5 Å². The monoisotopic (exact) mass is 484 g/mol. The summed E-state index contributed by atoms with van der Waals surface area (Å²) >= 11 is 7.32. The van der Waals surface area contributed by atoms with Crippen LogP contribution in [0.15, 0.2) is 63.5 Å². The van der Waals surface area contributed by atoms with Crippen molar-refractivity contribution in [2.75, 3.05) is 14.2 Å². The van der Waals surface area contributed by atoms with E-state index in [0.29, 0.717) is 32.6 Å². The molecule has 3 aromatic rings. The molecular weight excluding hydrogens is 464 g/mol. The fourth-order valence-electron chi connectivity index (χ4n) is 3.80. The molecule has 1 aliphatic heterocycles. The zero-order valence-electron chi connectivity index (χ0n) is 18.2. The van der Waals surface area contributed by atoms with Gasteiger partial charge in [-0.25, -0.2) is 9.79 Å². The number of ether oxygens (including phenoxy) is 2. The number of methoxy groups -OCH3 is 2. The number of esters is 1. The van der Waals surface area contributed by atoms with Crippen molar-refractivity contribution in [1.82, 2.24) is 4.57 Å². The predicted molar refractivity (Wildman–Crippen MR) is 127 cm³/mol. The Labute approximate surface area is 198 Å². The third-order valence-corrected chi connectivity index (χ3v) is 6.61. The molecule has 1 atom stereocenters. The first-order valence-corrected chi connectivity index (χ1v) is 11.3. The standard InChI is InChI=1S/C24H21ClN2O5S/c1-4-16-19(23(30)32-3)20(14-8-6-5-7-9-14)27-22(29)18(33-24(27)26-16)12-13-10-15(25)21(28)17(11-13)31-2/h5-12,20,28H,4H2,1-3H3/b18-12-/t20-/m0/s1. The van der Waals surface area contributed by atoms with Crippen molar-refractivity contribution in [2.45, 2.75) is 19.4 Å². The van der Waals surface area contributed by atoms with E-state index in [4.69, 9.17) is 21.1 Å². The molecule has 0 bridgehead atoms. The summed E-state index contributed by atoms with van der Waals surface area (Å²) in [7, 11) is 2.74. The number of halogens is 1. The highest BCUT2D eigenvalue weighted by atomic mass is 35.5. The van der Waals surface area contributed by atoms with Gasteiger partial charge >= 0.3 is 5.97 Å². The smallest absolute Gasteiger partial charge is 0.338 e. The minimum absolute atomic E-state index is 0.108. The molecule has 1 aliphatic rings. The van der Waals surface area contributed by atoms with Crippen LogP contribution in [0.25, 0.3) is 6.08 Å². The fraction of sp³-hybridized carbons (Fsp3) is 0.208. The molecule has 0 radical (unpaired) electrons. The highest BCUT2D eigenvalue weighted by Gasteiger charge is 2.33. The van der Waals surface area contributed by atoms with Crippen LogP contribution in [-0.4, -0.2) is 29.9 Å². The summed E-state index contributed by atoms with van der Waals surface area (Å²) in [6, 6.07) is 11.8. The number of hydrogen-bond donors (Lipinski definition) is 1. The Kier molecular flexibility index (Phi) is 6.40. The van der Waals surface area contributed by atoms with Gasteiger partial charge in [-0.05, 0) is 35.8 Å². The molecule has 0 saturated carbocycles. The third kappa shape index (κ3) is 4.07. The average molecular weight is 485 g/mol. The first-order valence-electron chi connectivity index (χ1n) is 10.1. The first-order chi connectivity index (χ1) is 15.9. The van der Waals surface area contributed by atoms with Crippen LogP contribution in [0.1, 0.15) is 30.5 Å². The third-order valence-electron chi connectivity index (χ3n) is 5.33. The molecule has 1 N–H and O–H groups in total. The Morgan fingerprint density at radius 3 is 2.64 bits per heavy atom. The van der Waals surface area contributed by atoms with Crippen molar-refractivity contribution in [3.8, 4) is 11.5 Å². The Bertz CT molecular complexity index is 1440. The molecule has 170 valence electrons. The van der Waals surface area contributed by atoms with Gasteiger partial charge in [0.2, 0.25) is 0 Å². The number of carbonyl (C=O) groups excluding carboxylic acids is 1. The molecule has 0 saturated heterocycles. The van der Waals surface area contributed by atoms with Gasteiger partial charge in [0, 0.05) is 0 Å². The number of benzene rings is 2. The highest BCUT2D eigenvalue weighted by Crippen LogP contribution is 2.35. The Morgan fingerprint density at radius 1 is 1.27 bits per heavy atom. The number of rotatable bonds is 5. The zero-order chi connectivity index (χ0) is 23.7. The fourth-order valence-corrected chi connectivity index (χ4v) is 5.04. The molecule has 1 aromatic heterocycles. The topological polar surface area (TPSA) is 90.1 Å². The molecular formula is C24H21ClN2O5S. The summed E-state index contributed by atoms with van der Waals surface area (Å²) < 4.78 is 12.1. The van der Waals surface area contributed by atoms with Crippen LogP contribution in [-0.2, 0) is 9.53 Å². The number of nitrogens with zero attached hydrogens (tertiary/aromatic N) is 2. The average Bonchev–Trinajstić information content (AvgIpc) is 3.14. The maximum atomic E-state index is 13.6. The highest BCUT2D eigenvalue weighted by molar-refractivity contribution is 7.07. The van der Waals surface area contributed by atoms with Crippen LogP contribution in [0.4, 0.5) is 0 Å². The molecule has 33 heavy (non-hydrogen) atoms. The minimum atomic E-state index is -0.662. The maximum absolute atomic E-state index is 13.6. The SMILES string of the molecule is CCC1=C(C(=O)OC)[C@H](c2ccccc2)n2c(s/c(=C\c3cc(Cl)c(O)c(OC)c3)c2=O)=N1. The molecule has 4 rings (SSSR count). The van der Waals surface area contributed by atoms with E-state index >= 15 is 0 Å². The molecule has 0 amide bonds. The second-order valence-electron chi connectivity index (χ2n) is 7.25. The Hall–Kier alpha value is -3.36. The van der Waals surface area contributed by atoms with Crippen molar-refractivity contribution < 1.29 is 19.4 Å². The van der Waals surface area contributed by atoms with Crippen molar-refractivity contribution >= 4 is 35.0 Å². The van der Waals surface area contributed by atoms with Gasteiger partial charge < -0.3 is 14.6 Å². The summed E-state index contributed by atoms with van der Waals surface area (Å²) in [5.41, 5.74) is 1.99. The predicted octanol–water partition coefficient (Wildman–Crippen LogP) is 3.17. The molecule has 0 unspecified atom stereocenters. The number of phenolic OH excluding ortho intramolecular Hbond substituents is 1. The van der Waals surface area contributed by atoms with E-state index in [1.54, 1.807) is 18.2 Å². The van der Waals surface area contributed by atoms with E-state index in [9.17, 15) is 14.7 Å². The van der Waals surface area contributed by atoms with E-state index in [1.807, 2.05) is 37.3 Å². The normalized spacial score (nSPS) is 15.8. The second kappa shape index (κ2) is 9.25. The van der Waals surface area contributed by atoms with Crippen LogP contribution in [0.3, 0.4) is 0 Å². The van der Waals surface area contributed by atoms with Gasteiger partial charge in [-0.15, -0.1) is 0 Å². The minimum Gasteiger partial charge on any atom is -0.503 e. The first kappa shape index (κ1) is 22.8. The molecule has 0 fully saturated rings. The van der Waals surface area contributed by atoms with E-state index in [0.717, 1.165) is 5.56 Å². The lowest BCUT2D eigenvalue weighted by Gasteiger charge is -2.25. The number of aromatic nitrogens is 1. The molecule has 7 nitrogen and oxygen atoms in total. The van der Waals surface area contributed by atoms with E-state index in [-0.39, 0.29) is 22.1 Å². The van der Waals surface area contributed by atoms with Crippen LogP contribution >= 0.6 is 22.9 Å². The quantitative estimate of drug-likeness (QED) is 0.562. The van der Waals surface area contributed by atoms with E-state index < -0.39 is 12.0 Å². The van der Waals surface area contributed by atoms with Crippen molar-refractivity contribution in [2.24, 2.45) is 4.99 Å². The Morgan fingerprint density at radius 2 is 2.00 bits per heavy atom. The zero-order valence-corrected chi connectivity index (χ0v) is 19.7. The lowest BCUT2D eigenvalue weighted by atomic mass is 9.95. The number of hydrogen-bond acceptors (Lipinski definition) is 7. The van der Waals surface area contributed by atoms with Gasteiger partial charge in [0.25, 0.3) is 5.56 Å². The van der Waals surface area contributed by atoms with Crippen LogP contribution in [0.2, 0.25) is 5.02 Å².